The Kier molecular flexibility index (Phi) is 5.92. The van der Waals surface area contributed by atoms with Gasteiger partial charge in [0.1, 0.15) is 22.8 Å². The van der Waals surface area contributed by atoms with Crippen molar-refractivity contribution in [1.82, 2.24) is 5.32 Å². The third-order valence-electron chi connectivity index (χ3n) is 4.80. The number of aromatic hydroxyl groups is 1. The average Bonchev–Trinajstić information content (AvgIpc) is 3.10. The van der Waals surface area contributed by atoms with Crippen LogP contribution in [0.25, 0.3) is 0 Å². The van der Waals surface area contributed by atoms with E-state index in [4.69, 9.17) is 14.2 Å². The van der Waals surface area contributed by atoms with Crippen molar-refractivity contribution in [3.05, 3.63) is 29.8 Å². The molecule has 3 atom stereocenters. The molecule has 1 aromatic rings. The van der Waals surface area contributed by atoms with E-state index in [1.165, 1.54) is 18.9 Å². The maximum atomic E-state index is 12.8. The summed E-state index contributed by atoms with van der Waals surface area (Å²) in [4.78, 5) is 30.0. The fourth-order valence-corrected chi connectivity index (χ4v) is 4.93. The number of nitrogens with zero attached hydrogens (tertiary/aromatic N) is 1. The van der Waals surface area contributed by atoms with E-state index in [1.54, 1.807) is 45.0 Å². The summed E-state index contributed by atoms with van der Waals surface area (Å²) >= 11 is 1.38. The summed E-state index contributed by atoms with van der Waals surface area (Å²) in [6.07, 6.45) is 0.224. The Balaban J connectivity index is 1.84. The summed E-state index contributed by atoms with van der Waals surface area (Å²) in [7, 11) is 1.39. The van der Waals surface area contributed by atoms with Gasteiger partial charge >= 0.3 is 11.9 Å². The largest absolute Gasteiger partial charge is 0.508 e. The molecule has 2 aliphatic heterocycles. The van der Waals surface area contributed by atoms with E-state index in [2.05, 4.69) is 10.3 Å². The second kappa shape index (κ2) is 7.86. The number of rotatable bonds is 5. The SMILES string of the molecule is COC1(C2NC(C(=O)OC(C)(C)C)C(C)(C)S2)N=C(Cc2cccc(O)c2)OC1=O. The molecule has 30 heavy (non-hydrogen) atoms. The molecule has 0 aliphatic carbocycles. The third kappa shape index (κ3) is 4.48. The highest BCUT2D eigenvalue weighted by Gasteiger charge is 2.60. The molecule has 0 saturated carbocycles. The van der Waals surface area contributed by atoms with E-state index >= 15 is 0 Å². The molecule has 0 amide bonds. The highest BCUT2D eigenvalue weighted by atomic mass is 32.2. The molecule has 0 radical (unpaired) electrons. The Bertz CT molecular complexity index is 878. The number of cyclic esters (lactones) is 1. The van der Waals surface area contributed by atoms with E-state index < -0.39 is 39.4 Å². The van der Waals surface area contributed by atoms with Crippen molar-refractivity contribution in [2.75, 3.05) is 7.11 Å². The second-order valence-corrected chi connectivity index (χ2v) is 10.6. The van der Waals surface area contributed by atoms with Crippen LogP contribution in [0, 0.1) is 0 Å². The lowest BCUT2D eigenvalue weighted by molar-refractivity contribution is -0.161. The standard InChI is InChI=1S/C21H28N2O6S/c1-19(2,3)29-16(25)15-20(4,5)30-17(22-15)21(27-6)18(26)28-14(23-21)11-12-8-7-9-13(24)10-12/h7-10,15,17,22,24H,11H2,1-6H3. The van der Waals surface area contributed by atoms with Crippen LogP contribution in [0.5, 0.6) is 5.75 Å². The molecule has 3 unspecified atom stereocenters. The number of ether oxygens (including phenoxy) is 3. The van der Waals surface area contributed by atoms with Crippen LogP contribution in [0.3, 0.4) is 0 Å². The van der Waals surface area contributed by atoms with Gasteiger partial charge in [-0.25, -0.2) is 9.79 Å². The lowest BCUT2D eigenvalue weighted by atomic mass is 10.0. The first-order valence-electron chi connectivity index (χ1n) is 9.67. The fourth-order valence-electron chi connectivity index (χ4n) is 3.42. The molecule has 3 rings (SSSR count). The van der Waals surface area contributed by atoms with Crippen LogP contribution < -0.4 is 5.32 Å². The minimum Gasteiger partial charge on any atom is -0.508 e. The number of esters is 2. The van der Waals surface area contributed by atoms with E-state index in [1.807, 2.05) is 13.8 Å². The van der Waals surface area contributed by atoms with Crippen molar-refractivity contribution in [3.63, 3.8) is 0 Å². The number of hydrogen-bond donors (Lipinski definition) is 2. The first-order valence-corrected chi connectivity index (χ1v) is 10.5. The molecule has 0 bridgehead atoms. The third-order valence-corrected chi connectivity index (χ3v) is 6.34. The monoisotopic (exact) mass is 436 g/mol. The average molecular weight is 437 g/mol. The maximum absolute atomic E-state index is 12.8. The number of phenols is 1. The quantitative estimate of drug-likeness (QED) is 0.678. The van der Waals surface area contributed by atoms with Gasteiger partial charge in [0.25, 0.3) is 5.72 Å². The van der Waals surface area contributed by atoms with Crippen LogP contribution in [0.1, 0.15) is 40.2 Å². The number of phenolic OH excluding ortho intramolecular Hbond substituents is 1. The Labute approximate surface area is 180 Å². The van der Waals surface area contributed by atoms with Crippen molar-refractivity contribution >= 4 is 29.6 Å². The predicted octanol–water partition coefficient (Wildman–Crippen LogP) is 2.38. The summed E-state index contributed by atoms with van der Waals surface area (Å²) in [6, 6.07) is 5.98. The van der Waals surface area contributed by atoms with Crippen molar-refractivity contribution in [2.45, 2.75) is 68.5 Å². The molecule has 2 N–H and O–H groups in total. The Morgan fingerprint density at radius 2 is 2.07 bits per heavy atom. The Hall–Kier alpha value is -2.10. The summed E-state index contributed by atoms with van der Waals surface area (Å²) in [5.41, 5.74) is -1.51. The van der Waals surface area contributed by atoms with Crippen LogP contribution in [0.4, 0.5) is 0 Å². The first kappa shape index (κ1) is 22.6. The number of carbonyl (C=O) groups is 2. The van der Waals surface area contributed by atoms with Crippen LogP contribution in [0.2, 0.25) is 0 Å². The molecule has 0 aromatic heterocycles. The van der Waals surface area contributed by atoms with Gasteiger partial charge in [0.05, 0.1) is 0 Å². The molecule has 1 aromatic carbocycles. The summed E-state index contributed by atoms with van der Waals surface area (Å²) in [5, 5.41) is 12.2. The molecule has 164 valence electrons. The van der Waals surface area contributed by atoms with E-state index in [9.17, 15) is 14.7 Å². The van der Waals surface area contributed by atoms with Gasteiger partial charge in [-0.1, -0.05) is 12.1 Å². The van der Waals surface area contributed by atoms with Gasteiger partial charge in [-0.3, -0.25) is 10.1 Å². The number of aliphatic imine (C=N–C) groups is 1. The smallest absolute Gasteiger partial charge is 0.371 e. The lowest BCUT2D eigenvalue weighted by Crippen LogP contribution is -2.54. The van der Waals surface area contributed by atoms with E-state index in [0.29, 0.717) is 0 Å². The molecule has 2 aliphatic rings. The summed E-state index contributed by atoms with van der Waals surface area (Å²) < 4.78 is 15.9. The number of hydrogen-bond acceptors (Lipinski definition) is 9. The maximum Gasteiger partial charge on any atom is 0.371 e. The molecule has 2 heterocycles. The van der Waals surface area contributed by atoms with Gasteiger partial charge in [-0.2, -0.15) is 0 Å². The van der Waals surface area contributed by atoms with Gasteiger partial charge in [-0.05, 0) is 52.3 Å². The molecule has 0 spiro atoms. The van der Waals surface area contributed by atoms with Gasteiger partial charge < -0.3 is 19.3 Å². The van der Waals surface area contributed by atoms with Crippen molar-refractivity contribution < 1.29 is 28.9 Å². The van der Waals surface area contributed by atoms with Gasteiger partial charge in [0.15, 0.2) is 0 Å². The van der Waals surface area contributed by atoms with E-state index in [-0.39, 0.29) is 18.1 Å². The van der Waals surface area contributed by atoms with Crippen molar-refractivity contribution in [2.24, 2.45) is 4.99 Å². The Morgan fingerprint density at radius 3 is 2.67 bits per heavy atom. The van der Waals surface area contributed by atoms with Gasteiger partial charge in [-0.15, -0.1) is 11.8 Å². The Morgan fingerprint density at radius 1 is 1.37 bits per heavy atom. The number of nitrogens with one attached hydrogen (secondary N) is 1. The van der Waals surface area contributed by atoms with Crippen LogP contribution in [-0.2, 0) is 30.2 Å². The number of thioether (sulfide) groups is 1. The number of carbonyl (C=O) groups excluding carboxylic acids is 2. The van der Waals surface area contributed by atoms with Crippen LogP contribution in [0.15, 0.2) is 29.3 Å². The highest BCUT2D eigenvalue weighted by Crippen LogP contribution is 2.45. The fraction of sp³-hybridized carbons (Fsp3) is 0.571. The van der Waals surface area contributed by atoms with Crippen LogP contribution >= 0.6 is 11.8 Å². The van der Waals surface area contributed by atoms with Gasteiger partial charge in [0.2, 0.25) is 5.90 Å². The topological polar surface area (TPSA) is 106 Å². The molecule has 1 fully saturated rings. The van der Waals surface area contributed by atoms with Crippen molar-refractivity contribution in [3.8, 4) is 5.75 Å². The van der Waals surface area contributed by atoms with Crippen LogP contribution in [-0.4, -0.2) is 57.5 Å². The van der Waals surface area contributed by atoms with Crippen molar-refractivity contribution in [1.29, 1.82) is 0 Å². The number of methoxy groups -OCH3 is 1. The zero-order chi connectivity index (χ0) is 22.3. The minimum absolute atomic E-state index is 0.116. The zero-order valence-corrected chi connectivity index (χ0v) is 18.8. The number of benzene rings is 1. The second-order valence-electron chi connectivity index (χ2n) is 8.88. The van der Waals surface area contributed by atoms with E-state index in [0.717, 1.165) is 5.56 Å². The normalized spacial score (nSPS) is 28.2. The predicted molar refractivity (Wildman–Crippen MR) is 113 cm³/mol. The summed E-state index contributed by atoms with van der Waals surface area (Å²) in [6.45, 7) is 9.22. The molecule has 9 heteroatoms. The molecule has 8 nitrogen and oxygen atoms in total. The zero-order valence-electron chi connectivity index (χ0n) is 18.0. The lowest BCUT2D eigenvalue weighted by Gasteiger charge is -2.27. The molecular formula is C21H28N2O6S. The molecular weight excluding hydrogens is 408 g/mol. The molecule has 1 saturated heterocycles. The first-order chi connectivity index (χ1) is 13.9. The summed E-state index contributed by atoms with van der Waals surface area (Å²) in [5.74, 6) is -0.742. The highest BCUT2D eigenvalue weighted by molar-refractivity contribution is 8.01. The minimum atomic E-state index is -1.62. The van der Waals surface area contributed by atoms with Gasteiger partial charge in [0, 0.05) is 18.3 Å².